The van der Waals surface area contributed by atoms with Crippen LogP contribution in [0.15, 0.2) is 54.6 Å². The SMILES string of the molecule is COc1ccc(-n2c(C)cc(C(=O)N(C)C(C(N)=O)c3cccc(F)c3)c2C)cc1. The van der Waals surface area contributed by atoms with Crippen LogP contribution >= 0.6 is 0 Å². The van der Waals surface area contributed by atoms with Crippen molar-refractivity contribution in [1.29, 1.82) is 0 Å². The number of halogens is 1. The normalized spacial score (nSPS) is 11.8. The minimum absolute atomic E-state index is 0.322. The van der Waals surface area contributed by atoms with Gasteiger partial charge in [0.1, 0.15) is 17.6 Å². The van der Waals surface area contributed by atoms with E-state index in [1.807, 2.05) is 42.7 Å². The summed E-state index contributed by atoms with van der Waals surface area (Å²) >= 11 is 0. The standard InChI is InChI=1S/C23H24FN3O3/c1-14-12-20(15(2)27(14)18-8-10-19(30-4)11-9-18)23(29)26(3)21(22(25)28)16-6-5-7-17(24)13-16/h5-13,21H,1-4H3,(H2,25,28). The van der Waals surface area contributed by atoms with Gasteiger partial charge in [-0.1, -0.05) is 12.1 Å². The van der Waals surface area contributed by atoms with Crippen molar-refractivity contribution in [3.63, 3.8) is 0 Å². The second-order valence-electron chi connectivity index (χ2n) is 7.09. The van der Waals surface area contributed by atoms with Gasteiger partial charge in [-0.15, -0.1) is 0 Å². The molecule has 7 heteroatoms. The van der Waals surface area contributed by atoms with Crippen molar-refractivity contribution >= 4 is 11.8 Å². The van der Waals surface area contributed by atoms with Crippen LogP contribution in [0.1, 0.15) is 33.4 Å². The number of carbonyl (C=O) groups is 2. The van der Waals surface area contributed by atoms with Crippen molar-refractivity contribution in [1.82, 2.24) is 9.47 Å². The quantitative estimate of drug-likeness (QED) is 0.676. The number of aromatic nitrogens is 1. The number of hydrogen-bond acceptors (Lipinski definition) is 3. The van der Waals surface area contributed by atoms with E-state index in [9.17, 15) is 14.0 Å². The Labute approximate surface area is 174 Å². The summed E-state index contributed by atoms with van der Waals surface area (Å²) in [6.07, 6.45) is 0. The van der Waals surface area contributed by atoms with Gasteiger partial charge in [-0.25, -0.2) is 4.39 Å². The second-order valence-corrected chi connectivity index (χ2v) is 7.09. The minimum atomic E-state index is -1.09. The molecule has 2 aromatic carbocycles. The fourth-order valence-electron chi connectivity index (χ4n) is 3.67. The maximum atomic E-state index is 13.7. The molecule has 0 fully saturated rings. The zero-order valence-corrected chi connectivity index (χ0v) is 17.3. The average Bonchev–Trinajstić information content (AvgIpc) is 3.01. The molecule has 6 nitrogen and oxygen atoms in total. The van der Waals surface area contributed by atoms with Crippen LogP contribution in [-0.2, 0) is 4.79 Å². The average molecular weight is 409 g/mol. The number of amides is 2. The van der Waals surface area contributed by atoms with Crippen LogP contribution in [0, 0.1) is 19.7 Å². The topological polar surface area (TPSA) is 77.6 Å². The van der Waals surface area contributed by atoms with Crippen molar-refractivity contribution in [3.8, 4) is 11.4 Å². The summed E-state index contributed by atoms with van der Waals surface area (Å²) < 4.78 is 20.8. The molecule has 0 aliphatic carbocycles. The Morgan fingerprint density at radius 2 is 1.77 bits per heavy atom. The minimum Gasteiger partial charge on any atom is -0.497 e. The molecule has 1 heterocycles. The largest absolute Gasteiger partial charge is 0.497 e. The molecule has 3 aromatic rings. The van der Waals surface area contributed by atoms with E-state index in [1.165, 1.54) is 30.1 Å². The molecule has 1 unspecified atom stereocenters. The van der Waals surface area contributed by atoms with E-state index < -0.39 is 17.8 Å². The number of primary amides is 1. The zero-order valence-electron chi connectivity index (χ0n) is 17.3. The molecule has 2 N–H and O–H groups in total. The van der Waals surface area contributed by atoms with E-state index in [0.717, 1.165) is 22.8 Å². The van der Waals surface area contributed by atoms with Gasteiger partial charge in [0.2, 0.25) is 5.91 Å². The molecule has 1 atom stereocenters. The number of aryl methyl sites for hydroxylation is 1. The molecular formula is C23H24FN3O3. The predicted octanol–water partition coefficient (Wildman–Crippen LogP) is 3.54. The van der Waals surface area contributed by atoms with E-state index in [0.29, 0.717) is 11.1 Å². The molecule has 0 aliphatic heterocycles. The van der Waals surface area contributed by atoms with E-state index in [2.05, 4.69) is 0 Å². The fourth-order valence-corrected chi connectivity index (χ4v) is 3.67. The third-order valence-corrected chi connectivity index (χ3v) is 5.13. The first-order valence-corrected chi connectivity index (χ1v) is 9.40. The highest BCUT2D eigenvalue weighted by Gasteiger charge is 2.30. The summed E-state index contributed by atoms with van der Waals surface area (Å²) in [6, 6.07) is 13.7. The number of rotatable bonds is 6. The molecule has 2 amide bonds. The molecule has 30 heavy (non-hydrogen) atoms. The Morgan fingerprint density at radius 3 is 2.33 bits per heavy atom. The molecule has 0 saturated heterocycles. The lowest BCUT2D eigenvalue weighted by Gasteiger charge is -2.26. The van der Waals surface area contributed by atoms with Crippen molar-refractivity contribution < 1.29 is 18.7 Å². The lowest BCUT2D eigenvalue weighted by molar-refractivity contribution is -0.122. The molecule has 0 radical (unpaired) electrons. The lowest BCUT2D eigenvalue weighted by atomic mass is 10.0. The van der Waals surface area contributed by atoms with Gasteiger partial charge in [-0.05, 0) is 61.9 Å². The summed E-state index contributed by atoms with van der Waals surface area (Å²) in [4.78, 5) is 26.6. The Hall–Kier alpha value is -3.61. The van der Waals surface area contributed by atoms with Crippen LogP contribution in [0.2, 0.25) is 0 Å². The monoisotopic (exact) mass is 409 g/mol. The molecule has 0 aliphatic rings. The maximum absolute atomic E-state index is 13.7. The van der Waals surface area contributed by atoms with Crippen molar-refractivity contribution in [2.75, 3.05) is 14.2 Å². The summed E-state index contributed by atoms with van der Waals surface area (Å²) in [7, 11) is 3.09. The van der Waals surface area contributed by atoms with Gasteiger partial charge in [0, 0.05) is 24.1 Å². The summed E-state index contributed by atoms with van der Waals surface area (Å²) in [5.41, 5.74) is 8.77. The Balaban J connectivity index is 1.98. The third kappa shape index (κ3) is 3.91. The van der Waals surface area contributed by atoms with Crippen LogP contribution in [0.25, 0.3) is 5.69 Å². The van der Waals surface area contributed by atoms with Crippen LogP contribution in [0.3, 0.4) is 0 Å². The van der Waals surface area contributed by atoms with Gasteiger partial charge in [0.05, 0.1) is 12.7 Å². The molecule has 3 rings (SSSR count). The molecule has 1 aromatic heterocycles. The van der Waals surface area contributed by atoms with E-state index in [-0.39, 0.29) is 5.91 Å². The highest BCUT2D eigenvalue weighted by molar-refractivity contribution is 5.98. The predicted molar refractivity (Wildman–Crippen MR) is 112 cm³/mol. The number of hydrogen-bond donors (Lipinski definition) is 1. The van der Waals surface area contributed by atoms with E-state index in [4.69, 9.17) is 10.5 Å². The highest BCUT2D eigenvalue weighted by Crippen LogP contribution is 2.27. The van der Waals surface area contributed by atoms with Crippen molar-refractivity contribution in [2.45, 2.75) is 19.9 Å². The summed E-state index contributed by atoms with van der Waals surface area (Å²) in [6.45, 7) is 3.73. The number of ether oxygens (including phenoxy) is 1. The van der Waals surface area contributed by atoms with Gasteiger partial charge >= 0.3 is 0 Å². The summed E-state index contributed by atoms with van der Waals surface area (Å²) in [5, 5.41) is 0. The Morgan fingerprint density at radius 1 is 1.10 bits per heavy atom. The van der Waals surface area contributed by atoms with Gasteiger partial charge in [-0.2, -0.15) is 0 Å². The van der Waals surface area contributed by atoms with E-state index >= 15 is 0 Å². The Kier molecular flexibility index (Phi) is 5.91. The second kappa shape index (κ2) is 8.41. The van der Waals surface area contributed by atoms with Crippen LogP contribution in [-0.4, -0.2) is 35.4 Å². The molecule has 0 saturated carbocycles. The van der Waals surface area contributed by atoms with Gasteiger partial charge < -0.3 is 19.9 Å². The number of carbonyl (C=O) groups excluding carboxylic acids is 2. The zero-order chi connectivity index (χ0) is 22.0. The number of likely N-dealkylation sites (N-methyl/N-ethyl adjacent to an activating group) is 1. The summed E-state index contributed by atoms with van der Waals surface area (Å²) in [5.74, 6) is -0.884. The first kappa shape index (κ1) is 21.1. The third-order valence-electron chi connectivity index (χ3n) is 5.13. The van der Waals surface area contributed by atoms with Crippen LogP contribution in [0.4, 0.5) is 4.39 Å². The van der Waals surface area contributed by atoms with Crippen LogP contribution in [0.5, 0.6) is 5.75 Å². The molecule has 156 valence electrons. The number of nitrogens with two attached hydrogens (primary N) is 1. The number of methoxy groups -OCH3 is 1. The number of nitrogens with zero attached hydrogens (tertiary/aromatic N) is 2. The molecule has 0 spiro atoms. The van der Waals surface area contributed by atoms with Gasteiger partial charge in [0.25, 0.3) is 5.91 Å². The first-order valence-electron chi connectivity index (χ1n) is 9.40. The molecule has 0 bridgehead atoms. The van der Waals surface area contributed by atoms with Crippen LogP contribution < -0.4 is 10.5 Å². The van der Waals surface area contributed by atoms with Gasteiger partial charge in [-0.3, -0.25) is 9.59 Å². The van der Waals surface area contributed by atoms with Gasteiger partial charge in [0.15, 0.2) is 0 Å². The maximum Gasteiger partial charge on any atom is 0.256 e. The number of benzene rings is 2. The van der Waals surface area contributed by atoms with Crippen molar-refractivity contribution in [2.24, 2.45) is 5.73 Å². The molecular weight excluding hydrogens is 385 g/mol. The van der Waals surface area contributed by atoms with E-state index in [1.54, 1.807) is 19.2 Å². The highest BCUT2D eigenvalue weighted by atomic mass is 19.1. The fraction of sp³-hybridized carbons (Fsp3) is 0.217. The smallest absolute Gasteiger partial charge is 0.256 e. The Bertz CT molecular complexity index is 1090. The first-order chi connectivity index (χ1) is 14.2. The van der Waals surface area contributed by atoms with Crippen molar-refractivity contribution in [3.05, 3.63) is 82.9 Å². The lowest BCUT2D eigenvalue weighted by Crippen LogP contribution is -2.39.